The van der Waals surface area contributed by atoms with E-state index < -0.39 is 5.95 Å². The Morgan fingerprint density at radius 3 is 2.55 bits per heavy atom. The average molecular weight is 174 g/mol. The van der Waals surface area contributed by atoms with Gasteiger partial charge in [-0.25, -0.2) is 4.98 Å². The second kappa shape index (κ2) is 3.18. The maximum Gasteiger partial charge on any atom is 0.217 e. The molecule has 1 nitrogen and oxygen atoms in total. The van der Waals surface area contributed by atoms with Crippen LogP contribution in [0.4, 0.5) is 4.39 Å². The van der Waals surface area contributed by atoms with Gasteiger partial charge in [0.25, 0.3) is 0 Å². The van der Waals surface area contributed by atoms with Crippen LogP contribution in [0.2, 0.25) is 5.02 Å². The van der Waals surface area contributed by atoms with Crippen LogP contribution in [-0.2, 0) is 0 Å². The highest BCUT2D eigenvalue weighted by molar-refractivity contribution is 6.31. The minimum atomic E-state index is -0.465. The molecule has 0 fully saturated rings. The van der Waals surface area contributed by atoms with Crippen molar-refractivity contribution in [3.63, 3.8) is 0 Å². The number of nitrogens with zero attached hydrogens (tertiary/aromatic N) is 1. The quantitative estimate of drug-likeness (QED) is 0.595. The van der Waals surface area contributed by atoms with Crippen LogP contribution in [0.25, 0.3) is 0 Å². The Balaban J connectivity index is 3.21. The van der Waals surface area contributed by atoms with E-state index in [4.69, 9.17) is 11.6 Å². The minimum absolute atomic E-state index is 0.0798. The third kappa shape index (κ3) is 1.69. The highest BCUT2D eigenvalue weighted by atomic mass is 35.5. The van der Waals surface area contributed by atoms with Gasteiger partial charge in [-0.2, -0.15) is 4.39 Å². The lowest BCUT2D eigenvalue weighted by Crippen LogP contribution is -1.96. The van der Waals surface area contributed by atoms with E-state index in [0.29, 0.717) is 10.6 Å². The van der Waals surface area contributed by atoms with Crippen molar-refractivity contribution < 1.29 is 4.39 Å². The van der Waals surface area contributed by atoms with E-state index in [2.05, 4.69) is 4.98 Å². The van der Waals surface area contributed by atoms with Crippen molar-refractivity contribution in [2.75, 3.05) is 0 Å². The van der Waals surface area contributed by atoms with Crippen molar-refractivity contribution in [3.05, 3.63) is 28.8 Å². The molecule has 0 bridgehead atoms. The third-order valence-electron chi connectivity index (χ3n) is 1.47. The minimum Gasteiger partial charge on any atom is -0.228 e. The summed E-state index contributed by atoms with van der Waals surface area (Å²) in [4.78, 5) is 3.51. The third-order valence-corrected chi connectivity index (χ3v) is 1.80. The Morgan fingerprint density at radius 2 is 2.18 bits per heavy atom. The summed E-state index contributed by atoms with van der Waals surface area (Å²) in [6, 6.07) is 1.60. The molecule has 0 N–H and O–H groups in total. The van der Waals surface area contributed by atoms with Gasteiger partial charge in [0.05, 0.1) is 5.02 Å². The summed E-state index contributed by atoms with van der Waals surface area (Å²) in [5.74, 6) is -0.385. The van der Waals surface area contributed by atoms with Crippen LogP contribution < -0.4 is 0 Å². The Bertz CT molecular complexity index is 240. The molecular formula is C8H9ClFN. The highest BCUT2D eigenvalue weighted by Crippen LogP contribution is 2.24. The van der Waals surface area contributed by atoms with Crippen LogP contribution in [0, 0.1) is 5.95 Å². The molecule has 0 aliphatic carbocycles. The maximum atomic E-state index is 12.9. The second-order valence-electron chi connectivity index (χ2n) is 2.65. The molecule has 0 amide bonds. The molecule has 0 spiro atoms. The number of rotatable bonds is 1. The normalized spacial score (nSPS) is 10.6. The molecule has 60 valence electrons. The predicted molar refractivity (Wildman–Crippen MR) is 43.3 cm³/mol. The molecule has 1 heterocycles. The van der Waals surface area contributed by atoms with E-state index in [1.807, 2.05) is 13.8 Å². The van der Waals surface area contributed by atoms with E-state index in [1.54, 1.807) is 6.07 Å². The second-order valence-corrected chi connectivity index (χ2v) is 3.06. The zero-order chi connectivity index (χ0) is 8.43. The Morgan fingerprint density at radius 1 is 1.55 bits per heavy atom. The van der Waals surface area contributed by atoms with E-state index in [1.165, 1.54) is 6.20 Å². The van der Waals surface area contributed by atoms with E-state index in [-0.39, 0.29) is 5.92 Å². The van der Waals surface area contributed by atoms with Gasteiger partial charge in [-0.3, -0.25) is 0 Å². The summed E-state index contributed by atoms with van der Waals surface area (Å²) >= 11 is 5.74. The van der Waals surface area contributed by atoms with Crippen LogP contribution in [-0.4, -0.2) is 4.98 Å². The summed E-state index contributed by atoms with van der Waals surface area (Å²) in [5.41, 5.74) is 0.495. The van der Waals surface area contributed by atoms with E-state index in [0.717, 1.165) is 0 Å². The van der Waals surface area contributed by atoms with Crippen molar-refractivity contribution in [1.29, 1.82) is 0 Å². The van der Waals surface area contributed by atoms with Gasteiger partial charge in [0.1, 0.15) is 0 Å². The van der Waals surface area contributed by atoms with Gasteiger partial charge in [-0.05, 0) is 12.0 Å². The van der Waals surface area contributed by atoms with Crippen LogP contribution in [0.1, 0.15) is 25.3 Å². The van der Waals surface area contributed by atoms with Crippen molar-refractivity contribution in [1.82, 2.24) is 4.98 Å². The highest BCUT2D eigenvalue weighted by Gasteiger charge is 2.10. The largest absolute Gasteiger partial charge is 0.228 e. The van der Waals surface area contributed by atoms with Crippen molar-refractivity contribution in [2.24, 2.45) is 0 Å². The first-order valence-corrected chi connectivity index (χ1v) is 3.80. The van der Waals surface area contributed by atoms with Gasteiger partial charge < -0.3 is 0 Å². The van der Waals surface area contributed by atoms with Gasteiger partial charge in [-0.15, -0.1) is 0 Å². The Kier molecular flexibility index (Phi) is 2.45. The fourth-order valence-corrected chi connectivity index (χ4v) is 1.29. The predicted octanol–water partition coefficient (Wildman–Crippen LogP) is 3.00. The van der Waals surface area contributed by atoms with Crippen LogP contribution >= 0.6 is 11.6 Å². The lowest BCUT2D eigenvalue weighted by Gasteiger charge is -2.06. The summed E-state index contributed by atoms with van der Waals surface area (Å²) in [6.07, 6.45) is 1.36. The van der Waals surface area contributed by atoms with Gasteiger partial charge in [-0.1, -0.05) is 25.4 Å². The number of hydrogen-bond acceptors (Lipinski definition) is 1. The molecule has 0 saturated heterocycles. The molecule has 0 atom stereocenters. The molecular weight excluding hydrogens is 165 g/mol. The number of halogens is 2. The molecule has 0 unspecified atom stereocenters. The molecule has 0 aliphatic heterocycles. The van der Waals surface area contributed by atoms with Crippen molar-refractivity contribution >= 4 is 11.6 Å². The first-order chi connectivity index (χ1) is 5.13. The van der Waals surface area contributed by atoms with Gasteiger partial charge >= 0.3 is 0 Å². The van der Waals surface area contributed by atoms with Gasteiger partial charge in [0.15, 0.2) is 0 Å². The lowest BCUT2D eigenvalue weighted by atomic mass is 10.1. The van der Waals surface area contributed by atoms with Crippen LogP contribution in [0.3, 0.4) is 0 Å². The molecule has 1 rings (SSSR count). The fourth-order valence-electron chi connectivity index (χ4n) is 0.940. The molecule has 0 aromatic carbocycles. The molecule has 3 heteroatoms. The smallest absolute Gasteiger partial charge is 0.217 e. The average Bonchev–Trinajstić information content (AvgIpc) is 1.85. The summed E-state index contributed by atoms with van der Waals surface area (Å²) in [7, 11) is 0. The summed E-state index contributed by atoms with van der Waals surface area (Å²) in [5, 5.41) is 0.451. The maximum absolute atomic E-state index is 12.9. The van der Waals surface area contributed by atoms with Crippen molar-refractivity contribution in [2.45, 2.75) is 19.8 Å². The molecule has 11 heavy (non-hydrogen) atoms. The van der Waals surface area contributed by atoms with Gasteiger partial charge in [0, 0.05) is 11.8 Å². The lowest BCUT2D eigenvalue weighted by molar-refractivity contribution is 0.557. The summed E-state index contributed by atoms with van der Waals surface area (Å²) < 4.78 is 12.9. The Labute approximate surface area is 70.2 Å². The van der Waals surface area contributed by atoms with E-state index in [9.17, 15) is 4.39 Å². The molecule has 0 radical (unpaired) electrons. The van der Waals surface area contributed by atoms with Crippen LogP contribution in [0.5, 0.6) is 0 Å². The molecule has 0 aliphatic rings. The van der Waals surface area contributed by atoms with Gasteiger partial charge in [0.2, 0.25) is 5.95 Å². The van der Waals surface area contributed by atoms with E-state index >= 15 is 0 Å². The van der Waals surface area contributed by atoms with Crippen LogP contribution in [0.15, 0.2) is 12.3 Å². The zero-order valence-corrected chi connectivity index (χ0v) is 7.19. The topological polar surface area (TPSA) is 12.9 Å². The molecule has 1 aromatic heterocycles. The SMILES string of the molecule is CC(C)c1c(Cl)ccnc1F. The molecule has 0 saturated carbocycles. The Hall–Kier alpha value is -0.630. The first kappa shape index (κ1) is 8.47. The fraction of sp³-hybridized carbons (Fsp3) is 0.375. The number of aromatic nitrogens is 1. The monoisotopic (exact) mass is 173 g/mol. The standard InChI is InChI=1S/C8H9ClFN/c1-5(2)7-6(9)3-4-11-8(7)10/h3-5H,1-2H3. The van der Waals surface area contributed by atoms with Crippen molar-refractivity contribution in [3.8, 4) is 0 Å². The molecule has 1 aromatic rings. The zero-order valence-electron chi connectivity index (χ0n) is 6.44. The number of pyridine rings is 1. The first-order valence-electron chi connectivity index (χ1n) is 3.43. The number of hydrogen-bond donors (Lipinski definition) is 0. The summed E-state index contributed by atoms with van der Waals surface area (Å²) in [6.45, 7) is 3.76.